The van der Waals surface area contributed by atoms with E-state index in [1.165, 1.54) is 6.07 Å². The molecule has 7 heteroatoms. The van der Waals surface area contributed by atoms with Gasteiger partial charge < -0.3 is 9.32 Å². The highest BCUT2D eigenvalue weighted by Gasteiger charge is 2.29. The van der Waals surface area contributed by atoms with Gasteiger partial charge in [-0.25, -0.2) is 0 Å². The molecule has 1 saturated heterocycles. The van der Waals surface area contributed by atoms with Gasteiger partial charge in [0.05, 0.1) is 4.92 Å². The zero-order valence-electron chi connectivity index (χ0n) is 13.6. The molecule has 0 spiro atoms. The Balaban J connectivity index is 2.03. The third-order valence-electron chi connectivity index (χ3n) is 4.20. The molecule has 0 unspecified atom stereocenters. The molecular weight excluding hydrogens is 308 g/mol. The van der Waals surface area contributed by atoms with Crippen molar-refractivity contribution < 1.29 is 9.34 Å². The van der Waals surface area contributed by atoms with Crippen LogP contribution in [0.5, 0.6) is 0 Å². The predicted octanol–water partition coefficient (Wildman–Crippen LogP) is 3.60. The molecular formula is C17H18N4O3. The van der Waals surface area contributed by atoms with Gasteiger partial charge in [0.1, 0.15) is 11.6 Å². The van der Waals surface area contributed by atoms with Crippen molar-refractivity contribution in [2.75, 3.05) is 18.0 Å². The van der Waals surface area contributed by atoms with Crippen molar-refractivity contribution in [3.63, 3.8) is 0 Å². The van der Waals surface area contributed by atoms with E-state index < -0.39 is 4.92 Å². The average Bonchev–Trinajstić information content (AvgIpc) is 2.98. The van der Waals surface area contributed by atoms with Crippen LogP contribution in [0.1, 0.15) is 26.0 Å². The Morgan fingerprint density at radius 3 is 2.62 bits per heavy atom. The smallest absolute Gasteiger partial charge is 0.282 e. The van der Waals surface area contributed by atoms with Crippen LogP contribution in [0.2, 0.25) is 0 Å². The van der Waals surface area contributed by atoms with Crippen molar-refractivity contribution in [3.05, 3.63) is 40.1 Å². The van der Waals surface area contributed by atoms with E-state index in [9.17, 15) is 15.4 Å². The van der Waals surface area contributed by atoms with Crippen molar-refractivity contribution in [3.8, 4) is 17.5 Å². The Labute approximate surface area is 139 Å². The van der Waals surface area contributed by atoms with Crippen LogP contribution in [0.25, 0.3) is 11.5 Å². The maximum Gasteiger partial charge on any atom is 0.282 e. The van der Waals surface area contributed by atoms with Crippen LogP contribution in [-0.4, -0.2) is 23.0 Å². The first-order chi connectivity index (χ1) is 11.5. The SMILES string of the molecule is C[C@@H]1C[C@@H](C)CN(c2oc(-c3ccccc3[N+](=O)[O-])nc2C#N)C1. The van der Waals surface area contributed by atoms with Gasteiger partial charge in [0.25, 0.3) is 5.69 Å². The second kappa shape index (κ2) is 6.32. The molecule has 124 valence electrons. The van der Waals surface area contributed by atoms with Gasteiger partial charge in [-0.05, 0) is 24.3 Å². The molecule has 7 nitrogen and oxygen atoms in total. The van der Waals surface area contributed by atoms with Crippen LogP contribution in [0.4, 0.5) is 11.6 Å². The molecule has 2 atom stereocenters. The molecule has 2 aromatic rings. The molecule has 0 bridgehead atoms. The number of nitro groups is 1. The minimum absolute atomic E-state index is 0.0878. The number of oxazole rings is 1. The minimum atomic E-state index is -0.476. The van der Waals surface area contributed by atoms with Crippen molar-refractivity contribution in [2.24, 2.45) is 11.8 Å². The highest BCUT2D eigenvalue weighted by Crippen LogP contribution is 2.35. The van der Waals surface area contributed by atoms with Gasteiger partial charge in [-0.15, -0.1) is 0 Å². The summed E-state index contributed by atoms with van der Waals surface area (Å²) in [6.45, 7) is 5.89. The third-order valence-corrected chi connectivity index (χ3v) is 4.20. The van der Waals surface area contributed by atoms with E-state index in [2.05, 4.69) is 18.8 Å². The second-order valence-corrected chi connectivity index (χ2v) is 6.41. The monoisotopic (exact) mass is 326 g/mol. The summed E-state index contributed by atoms with van der Waals surface area (Å²) in [5, 5.41) is 20.6. The fourth-order valence-corrected chi connectivity index (χ4v) is 3.36. The maximum absolute atomic E-state index is 11.2. The first-order valence-corrected chi connectivity index (χ1v) is 7.89. The average molecular weight is 326 g/mol. The molecule has 0 amide bonds. The fraction of sp³-hybridized carbons (Fsp3) is 0.412. The Bertz CT molecular complexity index is 798. The Morgan fingerprint density at radius 2 is 2.00 bits per heavy atom. The van der Waals surface area contributed by atoms with Gasteiger partial charge in [0, 0.05) is 19.2 Å². The number of para-hydroxylation sites is 1. The normalized spacial score (nSPS) is 20.6. The van der Waals surface area contributed by atoms with Crippen molar-refractivity contribution >= 4 is 11.6 Å². The number of piperidine rings is 1. The summed E-state index contributed by atoms with van der Waals surface area (Å²) in [7, 11) is 0. The molecule has 24 heavy (non-hydrogen) atoms. The number of benzene rings is 1. The molecule has 1 aromatic carbocycles. The van der Waals surface area contributed by atoms with Gasteiger partial charge in [-0.2, -0.15) is 10.2 Å². The number of nitro benzene ring substituents is 1. The summed E-state index contributed by atoms with van der Waals surface area (Å²) >= 11 is 0. The number of hydrogen-bond acceptors (Lipinski definition) is 6. The number of nitriles is 1. The van der Waals surface area contributed by atoms with E-state index in [0.29, 0.717) is 17.7 Å². The molecule has 2 heterocycles. The first-order valence-electron chi connectivity index (χ1n) is 7.89. The largest absolute Gasteiger partial charge is 0.419 e. The van der Waals surface area contributed by atoms with Crippen LogP contribution in [0, 0.1) is 33.3 Å². The zero-order valence-corrected chi connectivity index (χ0v) is 13.6. The Hall–Kier alpha value is -2.88. The zero-order chi connectivity index (χ0) is 17.3. The lowest BCUT2D eigenvalue weighted by atomic mass is 9.92. The summed E-state index contributed by atoms with van der Waals surface area (Å²) < 4.78 is 5.81. The summed E-state index contributed by atoms with van der Waals surface area (Å²) in [6, 6.07) is 8.30. The standard InChI is InChI=1S/C17H18N4O3/c1-11-7-12(2)10-20(9-11)17-14(8-18)19-16(24-17)13-5-3-4-6-15(13)21(22)23/h3-6,11-12H,7,9-10H2,1-2H3/t11-,12-/m1/s1. The third kappa shape index (κ3) is 2.95. The minimum Gasteiger partial charge on any atom is -0.419 e. The first kappa shape index (κ1) is 16.0. The highest BCUT2D eigenvalue weighted by atomic mass is 16.6. The molecule has 1 aromatic heterocycles. The maximum atomic E-state index is 11.2. The number of hydrogen-bond donors (Lipinski definition) is 0. The summed E-state index contributed by atoms with van der Waals surface area (Å²) in [5.41, 5.74) is 0.364. The van der Waals surface area contributed by atoms with Gasteiger partial charge in [-0.3, -0.25) is 10.1 Å². The molecule has 1 aliphatic rings. The second-order valence-electron chi connectivity index (χ2n) is 6.41. The van der Waals surface area contributed by atoms with E-state index in [-0.39, 0.29) is 22.8 Å². The van der Waals surface area contributed by atoms with Gasteiger partial charge in [0.15, 0.2) is 0 Å². The Morgan fingerprint density at radius 1 is 1.33 bits per heavy atom. The molecule has 3 rings (SSSR count). The highest BCUT2D eigenvalue weighted by molar-refractivity contribution is 5.69. The van der Waals surface area contributed by atoms with Crippen molar-refractivity contribution in [2.45, 2.75) is 20.3 Å². The van der Waals surface area contributed by atoms with Crippen molar-refractivity contribution in [1.29, 1.82) is 5.26 Å². The lowest BCUT2D eigenvalue weighted by Crippen LogP contribution is -2.38. The fourth-order valence-electron chi connectivity index (χ4n) is 3.36. The van der Waals surface area contributed by atoms with Crippen LogP contribution in [0.3, 0.4) is 0 Å². The lowest BCUT2D eigenvalue weighted by molar-refractivity contribution is -0.384. The van der Waals surface area contributed by atoms with Gasteiger partial charge in [-0.1, -0.05) is 26.0 Å². The summed E-state index contributed by atoms with van der Waals surface area (Å²) in [5.74, 6) is 1.49. The predicted molar refractivity (Wildman–Crippen MR) is 88.5 cm³/mol. The van der Waals surface area contributed by atoms with Crippen molar-refractivity contribution in [1.82, 2.24) is 4.98 Å². The molecule has 0 N–H and O–H groups in total. The number of nitrogens with zero attached hydrogens (tertiary/aromatic N) is 4. The number of aromatic nitrogens is 1. The van der Waals surface area contributed by atoms with E-state index in [4.69, 9.17) is 4.42 Å². The number of anilines is 1. The molecule has 0 aliphatic carbocycles. The number of rotatable bonds is 3. The summed E-state index contributed by atoms with van der Waals surface area (Å²) in [6.07, 6.45) is 1.13. The molecule has 1 aliphatic heterocycles. The Kier molecular flexibility index (Phi) is 4.21. The van der Waals surface area contributed by atoms with Gasteiger partial charge >= 0.3 is 0 Å². The topological polar surface area (TPSA) is 96.2 Å². The van der Waals surface area contributed by atoms with E-state index in [1.807, 2.05) is 11.0 Å². The van der Waals surface area contributed by atoms with E-state index in [0.717, 1.165) is 19.5 Å². The van der Waals surface area contributed by atoms with Crippen LogP contribution < -0.4 is 4.90 Å². The van der Waals surface area contributed by atoms with Crippen LogP contribution >= 0.6 is 0 Å². The lowest BCUT2D eigenvalue weighted by Gasteiger charge is -2.34. The molecule has 1 fully saturated rings. The summed E-state index contributed by atoms with van der Waals surface area (Å²) in [4.78, 5) is 16.9. The van der Waals surface area contributed by atoms with Crippen LogP contribution in [0.15, 0.2) is 28.7 Å². The van der Waals surface area contributed by atoms with E-state index >= 15 is 0 Å². The quantitative estimate of drug-likeness (QED) is 0.631. The van der Waals surface area contributed by atoms with Crippen LogP contribution in [-0.2, 0) is 0 Å². The van der Waals surface area contributed by atoms with Gasteiger partial charge in [0.2, 0.25) is 17.5 Å². The van der Waals surface area contributed by atoms with E-state index in [1.54, 1.807) is 18.2 Å². The molecule has 0 radical (unpaired) electrons. The molecule has 0 saturated carbocycles.